The summed E-state index contributed by atoms with van der Waals surface area (Å²) in [5, 5.41) is 3.04. The topological polar surface area (TPSA) is 29.1 Å². The first-order chi connectivity index (χ1) is 6.56. The van der Waals surface area contributed by atoms with Gasteiger partial charge in [-0.2, -0.15) is 0 Å². The van der Waals surface area contributed by atoms with Gasteiger partial charge in [0, 0.05) is 5.92 Å². The Hall–Kier alpha value is -0.370. The van der Waals surface area contributed by atoms with Crippen molar-refractivity contribution in [1.82, 2.24) is 5.32 Å². The van der Waals surface area contributed by atoms with Crippen LogP contribution in [0.1, 0.15) is 40.0 Å². The number of hydrogen-bond acceptors (Lipinski definition) is 2. The number of Topliss-reactive ketones (excluding diaryl/α,β-unsaturated/α-hetero) is 1. The molecule has 4 unspecified atom stereocenters. The molecule has 0 spiro atoms. The highest BCUT2D eigenvalue weighted by Crippen LogP contribution is 2.34. The minimum absolute atomic E-state index is 0.0283. The van der Waals surface area contributed by atoms with E-state index in [0.717, 1.165) is 18.8 Å². The fourth-order valence-corrected chi connectivity index (χ4v) is 2.30. The molecule has 2 heteroatoms. The molecule has 1 aliphatic rings. The van der Waals surface area contributed by atoms with Crippen LogP contribution in [0, 0.1) is 17.8 Å². The Balaban J connectivity index is 2.50. The average molecular weight is 197 g/mol. The second-order valence-electron chi connectivity index (χ2n) is 4.88. The number of nitrogens with one attached hydrogen (secondary N) is 1. The highest BCUT2D eigenvalue weighted by atomic mass is 16.1. The predicted molar refractivity (Wildman–Crippen MR) is 59.2 cm³/mol. The summed E-state index contributed by atoms with van der Waals surface area (Å²) < 4.78 is 0. The molecule has 1 fully saturated rings. The van der Waals surface area contributed by atoms with Crippen LogP contribution in [-0.4, -0.2) is 18.9 Å². The summed E-state index contributed by atoms with van der Waals surface area (Å²) in [5.41, 5.74) is 0. The summed E-state index contributed by atoms with van der Waals surface area (Å²) in [6.45, 7) is 6.53. The second kappa shape index (κ2) is 4.92. The molecule has 1 N–H and O–H groups in total. The molecule has 0 saturated heterocycles. The van der Waals surface area contributed by atoms with Crippen LogP contribution in [0.4, 0.5) is 0 Å². The van der Waals surface area contributed by atoms with Crippen LogP contribution < -0.4 is 5.32 Å². The van der Waals surface area contributed by atoms with Crippen LogP contribution in [0.2, 0.25) is 0 Å². The molecule has 0 amide bonds. The lowest BCUT2D eigenvalue weighted by atomic mass is 9.73. The summed E-state index contributed by atoms with van der Waals surface area (Å²) in [4.78, 5) is 11.9. The molecule has 2 nitrogen and oxygen atoms in total. The predicted octanol–water partition coefficient (Wildman–Crippen LogP) is 2.24. The first-order valence-corrected chi connectivity index (χ1v) is 5.77. The Morgan fingerprint density at radius 2 is 1.93 bits per heavy atom. The van der Waals surface area contributed by atoms with Gasteiger partial charge >= 0.3 is 0 Å². The van der Waals surface area contributed by atoms with Gasteiger partial charge in [-0.3, -0.25) is 4.79 Å². The smallest absolute Gasteiger partial charge is 0.152 e. The number of carbonyl (C=O) groups excluding carboxylic acids is 1. The summed E-state index contributed by atoms with van der Waals surface area (Å²) >= 11 is 0. The molecule has 1 rings (SSSR count). The lowest BCUT2D eigenvalue weighted by Gasteiger charge is -2.32. The van der Waals surface area contributed by atoms with Gasteiger partial charge < -0.3 is 5.32 Å². The van der Waals surface area contributed by atoms with Gasteiger partial charge in [0.25, 0.3) is 0 Å². The van der Waals surface area contributed by atoms with Crippen molar-refractivity contribution in [2.45, 2.75) is 46.1 Å². The van der Waals surface area contributed by atoms with E-state index in [1.807, 2.05) is 14.0 Å². The molecule has 1 aliphatic carbocycles. The van der Waals surface area contributed by atoms with Gasteiger partial charge in [-0.25, -0.2) is 0 Å². The van der Waals surface area contributed by atoms with E-state index in [2.05, 4.69) is 19.2 Å². The molecule has 1 saturated carbocycles. The Labute approximate surface area is 87.5 Å². The largest absolute Gasteiger partial charge is 0.311 e. The van der Waals surface area contributed by atoms with E-state index in [-0.39, 0.29) is 6.04 Å². The van der Waals surface area contributed by atoms with Gasteiger partial charge in [0.2, 0.25) is 0 Å². The summed E-state index contributed by atoms with van der Waals surface area (Å²) in [5.74, 6) is 2.22. The van der Waals surface area contributed by atoms with Gasteiger partial charge in [-0.15, -0.1) is 0 Å². The number of hydrogen-bond donors (Lipinski definition) is 1. The van der Waals surface area contributed by atoms with Gasteiger partial charge in [0.15, 0.2) is 5.78 Å². The lowest BCUT2D eigenvalue weighted by molar-refractivity contribution is -0.126. The number of rotatable bonds is 3. The van der Waals surface area contributed by atoms with Gasteiger partial charge in [0.1, 0.15) is 0 Å². The SMILES string of the molecule is CNC(C)C(=O)C1CCC(C)C(C)C1. The Bertz CT molecular complexity index is 202. The van der Waals surface area contributed by atoms with E-state index in [1.165, 1.54) is 6.42 Å². The van der Waals surface area contributed by atoms with Crippen molar-refractivity contribution in [2.24, 2.45) is 17.8 Å². The highest BCUT2D eigenvalue weighted by molar-refractivity contribution is 5.85. The van der Waals surface area contributed by atoms with E-state index in [0.29, 0.717) is 17.6 Å². The quantitative estimate of drug-likeness (QED) is 0.751. The maximum atomic E-state index is 11.9. The number of likely N-dealkylation sites (N-methyl/N-ethyl adjacent to an activating group) is 1. The van der Waals surface area contributed by atoms with E-state index >= 15 is 0 Å². The fourth-order valence-electron chi connectivity index (χ4n) is 2.30. The van der Waals surface area contributed by atoms with E-state index in [4.69, 9.17) is 0 Å². The van der Waals surface area contributed by atoms with Crippen LogP contribution in [0.3, 0.4) is 0 Å². The van der Waals surface area contributed by atoms with Crippen molar-refractivity contribution in [1.29, 1.82) is 0 Å². The minimum Gasteiger partial charge on any atom is -0.311 e. The van der Waals surface area contributed by atoms with Gasteiger partial charge in [-0.05, 0) is 45.1 Å². The van der Waals surface area contributed by atoms with Crippen LogP contribution in [-0.2, 0) is 4.79 Å². The van der Waals surface area contributed by atoms with Crippen molar-refractivity contribution >= 4 is 5.78 Å². The maximum absolute atomic E-state index is 11.9. The Kier molecular flexibility index (Phi) is 4.11. The number of carbonyl (C=O) groups is 1. The summed E-state index contributed by atoms with van der Waals surface area (Å²) in [7, 11) is 1.86. The normalized spacial score (nSPS) is 35.3. The van der Waals surface area contributed by atoms with Crippen molar-refractivity contribution in [3.63, 3.8) is 0 Å². The van der Waals surface area contributed by atoms with E-state index in [1.54, 1.807) is 0 Å². The molecular weight excluding hydrogens is 174 g/mol. The van der Waals surface area contributed by atoms with Crippen molar-refractivity contribution < 1.29 is 4.79 Å². The standard InChI is InChI=1S/C12H23NO/c1-8-5-6-11(7-9(8)2)12(14)10(3)13-4/h8-11,13H,5-7H2,1-4H3. The van der Waals surface area contributed by atoms with Crippen molar-refractivity contribution in [2.75, 3.05) is 7.05 Å². The van der Waals surface area contributed by atoms with Crippen molar-refractivity contribution in [3.8, 4) is 0 Å². The number of ketones is 1. The zero-order chi connectivity index (χ0) is 10.7. The van der Waals surface area contributed by atoms with Gasteiger partial charge in [-0.1, -0.05) is 13.8 Å². The molecule has 0 aliphatic heterocycles. The average Bonchev–Trinajstić information content (AvgIpc) is 2.20. The third kappa shape index (κ3) is 2.57. The zero-order valence-corrected chi connectivity index (χ0v) is 9.84. The minimum atomic E-state index is 0.0283. The van der Waals surface area contributed by atoms with Crippen LogP contribution in [0.5, 0.6) is 0 Å². The van der Waals surface area contributed by atoms with E-state index < -0.39 is 0 Å². The molecule has 0 aromatic heterocycles. The molecule has 14 heavy (non-hydrogen) atoms. The third-order valence-electron chi connectivity index (χ3n) is 3.86. The first-order valence-electron chi connectivity index (χ1n) is 5.77. The molecule has 82 valence electrons. The van der Waals surface area contributed by atoms with E-state index in [9.17, 15) is 4.79 Å². The summed E-state index contributed by atoms with van der Waals surface area (Å²) in [6.07, 6.45) is 3.40. The Morgan fingerprint density at radius 3 is 2.43 bits per heavy atom. The van der Waals surface area contributed by atoms with Crippen molar-refractivity contribution in [3.05, 3.63) is 0 Å². The first kappa shape index (κ1) is 11.7. The fraction of sp³-hybridized carbons (Fsp3) is 0.917. The molecule has 4 atom stereocenters. The Morgan fingerprint density at radius 1 is 1.29 bits per heavy atom. The molecule has 0 radical (unpaired) electrons. The lowest BCUT2D eigenvalue weighted by Crippen LogP contribution is -2.38. The van der Waals surface area contributed by atoms with Crippen LogP contribution in [0.15, 0.2) is 0 Å². The molecule has 0 heterocycles. The van der Waals surface area contributed by atoms with Gasteiger partial charge in [0.05, 0.1) is 6.04 Å². The third-order valence-corrected chi connectivity index (χ3v) is 3.86. The maximum Gasteiger partial charge on any atom is 0.152 e. The monoisotopic (exact) mass is 197 g/mol. The van der Waals surface area contributed by atoms with Crippen LogP contribution in [0.25, 0.3) is 0 Å². The molecule has 0 aromatic carbocycles. The van der Waals surface area contributed by atoms with Crippen LogP contribution >= 0.6 is 0 Å². The molecular formula is C12H23NO. The molecule has 0 bridgehead atoms. The second-order valence-corrected chi connectivity index (χ2v) is 4.88. The molecule has 0 aromatic rings. The zero-order valence-electron chi connectivity index (χ0n) is 9.84. The summed E-state index contributed by atoms with van der Waals surface area (Å²) in [6, 6.07) is 0.0283. The highest BCUT2D eigenvalue weighted by Gasteiger charge is 2.30.